The van der Waals surface area contributed by atoms with Gasteiger partial charge < -0.3 is 13.8 Å². The van der Waals surface area contributed by atoms with Crippen LogP contribution in [0.25, 0.3) is 11.1 Å². The van der Waals surface area contributed by atoms with Gasteiger partial charge >= 0.3 is 0 Å². The Morgan fingerprint density at radius 2 is 1.07 bits per heavy atom. The highest BCUT2D eigenvalue weighted by atomic mass is 32.2. The van der Waals surface area contributed by atoms with Gasteiger partial charge in [0.05, 0.1) is 0 Å². The lowest BCUT2D eigenvalue weighted by molar-refractivity contribution is 0.288. The van der Waals surface area contributed by atoms with Crippen molar-refractivity contribution < 1.29 is 13.8 Å². The van der Waals surface area contributed by atoms with Gasteiger partial charge in [0.15, 0.2) is 0 Å². The first kappa shape index (κ1) is 21.6. The van der Waals surface area contributed by atoms with Gasteiger partial charge in [0.1, 0.15) is 11.5 Å². The first-order valence-electron chi connectivity index (χ1n) is 8.88. The Bertz CT molecular complexity index is 690. The van der Waals surface area contributed by atoms with E-state index in [0.29, 0.717) is 24.3 Å². The van der Waals surface area contributed by atoms with Crippen molar-refractivity contribution >= 4 is 35.2 Å². The maximum atomic E-state index is 9.22. The highest BCUT2D eigenvalue weighted by Gasteiger charge is 2.13. The van der Waals surface area contributed by atoms with Crippen molar-refractivity contribution in [2.75, 3.05) is 11.5 Å². The molecule has 0 fully saturated rings. The summed E-state index contributed by atoms with van der Waals surface area (Å²) in [6.45, 7) is 4.09. The normalized spacial score (nSPS) is 13.0. The van der Waals surface area contributed by atoms with Crippen LogP contribution in [0.1, 0.15) is 37.8 Å². The van der Waals surface area contributed by atoms with Crippen LogP contribution in [0.4, 0.5) is 0 Å². The molecule has 0 atom stereocenters. The summed E-state index contributed by atoms with van der Waals surface area (Å²) in [6.07, 6.45) is 1.25. The largest absolute Gasteiger partial charge is 0.465 e. The smallest absolute Gasteiger partial charge is 0.108 e. The van der Waals surface area contributed by atoms with Crippen LogP contribution in [0.3, 0.4) is 0 Å². The second-order valence-electron chi connectivity index (χ2n) is 6.10. The van der Waals surface area contributed by atoms with Crippen LogP contribution in [0, 0.1) is 0 Å². The Balaban J connectivity index is 2.41. The standard InChI is InChI=1S/C22H26O3S2/c1-17(19-9-5-3-6-10-19)21(13-15-26-23)25-22(14-16-27-24)18(2)20-11-7-4-8-12-20/h3-12,23-24H,13-16H2,1-2H3. The summed E-state index contributed by atoms with van der Waals surface area (Å²) in [4.78, 5) is 0. The Morgan fingerprint density at radius 1 is 0.704 bits per heavy atom. The fourth-order valence-electron chi connectivity index (χ4n) is 2.75. The fourth-order valence-corrected chi connectivity index (χ4v) is 3.31. The monoisotopic (exact) mass is 402 g/mol. The van der Waals surface area contributed by atoms with Gasteiger partial charge in [-0.05, 0) is 60.2 Å². The van der Waals surface area contributed by atoms with E-state index in [9.17, 15) is 9.11 Å². The Morgan fingerprint density at radius 3 is 1.41 bits per heavy atom. The average Bonchev–Trinajstić information content (AvgIpc) is 2.73. The Labute approximate surface area is 170 Å². The predicted molar refractivity (Wildman–Crippen MR) is 119 cm³/mol. The van der Waals surface area contributed by atoms with E-state index in [1.807, 2.05) is 50.2 Å². The van der Waals surface area contributed by atoms with Gasteiger partial charge in [0.25, 0.3) is 0 Å². The summed E-state index contributed by atoms with van der Waals surface area (Å²) in [6, 6.07) is 20.2. The second kappa shape index (κ2) is 11.9. The Hall–Kier alpha value is -1.66. The zero-order chi connectivity index (χ0) is 19.5. The predicted octanol–water partition coefficient (Wildman–Crippen LogP) is 7.06. The molecule has 0 unspecified atom stereocenters. The summed E-state index contributed by atoms with van der Waals surface area (Å²) in [5, 5.41) is 0. The third kappa shape index (κ3) is 6.78. The SMILES string of the molecule is CC(=C(CCSO)OC(CCSO)=C(C)c1ccccc1)c1ccccc1. The molecule has 0 aliphatic rings. The highest BCUT2D eigenvalue weighted by molar-refractivity contribution is 7.93. The van der Waals surface area contributed by atoms with Gasteiger partial charge in [0.2, 0.25) is 0 Å². The number of hydrogen-bond acceptors (Lipinski definition) is 5. The molecule has 2 aromatic rings. The number of ether oxygens (including phenoxy) is 1. The van der Waals surface area contributed by atoms with Gasteiger partial charge in [-0.3, -0.25) is 0 Å². The van der Waals surface area contributed by atoms with Crippen LogP contribution in [0.5, 0.6) is 0 Å². The molecular weight excluding hydrogens is 376 g/mol. The molecule has 0 saturated heterocycles. The van der Waals surface area contributed by atoms with Crippen LogP contribution in [-0.4, -0.2) is 20.6 Å². The minimum absolute atomic E-state index is 0.561. The molecule has 27 heavy (non-hydrogen) atoms. The van der Waals surface area contributed by atoms with Crippen LogP contribution in [0.2, 0.25) is 0 Å². The zero-order valence-corrected chi connectivity index (χ0v) is 17.4. The summed E-state index contributed by atoms with van der Waals surface area (Å²) < 4.78 is 24.8. The first-order valence-corrected chi connectivity index (χ1v) is 10.8. The molecule has 0 bridgehead atoms. The molecule has 5 heteroatoms. The maximum absolute atomic E-state index is 9.22. The topological polar surface area (TPSA) is 49.7 Å². The lowest BCUT2D eigenvalue weighted by Crippen LogP contribution is -2.02. The molecule has 0 heterocycles. The summed E-state index contributed by atoms with van der Waals surface area (Å²) in [5.41, 5.74) is 4.31. The van der Waals surface area contributed by atoms with Crippen molar-refractivity contribution in [2.45, 2.75) is 26.7 Å². The Kier molecular flexibility index (Phi) is 9.56. The van der Waals surface area contributed by atoms with Crippen molar-refractivity contribution in [1.29, 1.82) is 0 Å². The van der Waals surface area contributed by atoms with E-state index in [4.69, 9.17) is 4.74 Å². The molecule has 0 aliphatic heterocycles. The van der Waals surface area contributed by atoms with Gasteiger partial charge in [-0.15, -0.1) is 0 Å². The number of benzene rings is 2. The van der Waals surface area contributed by atoms with Crippen LogP contribution in [-0.2, 0) is 4.74 Å². The number of allylic oxidation sites excluding steroid dienone is 4. The highest BCUT2D eigenvalue weighted by Crippen LogP contribution is 2.30. The molecule has 0 saturated carbocycles. The van der Waals surface area contributed by atoms with Crippen molar-refractivity contribution in [2.24, 2.45) is 0 Å². The van der Waals surface area contributed by atoms with Gasteiger partial charge in [-0.1, -0.05) is 60.7 Å². The van der Waals surface area contributed by atoms with E-state index in [1.54, 1.807) is 0 Å². The fraction of sp³-hybridized carbons (Fsp3) is 0.273. The number of rotatable bonds is 10. The molecule has 0 amide bonds. The van der Waals surface area contributed by atoms with Gasteiger partial charge in [-0.25, -0.2) is 0 Å². The minimum atomic E-state index is 0.561. The van der Waals surface area contributed by atoms with Crippen LogP contribution >= 0.6 is 24.1 Å². The van der Waals surface area contributed by atoms with Crippen molar-refractivity contribution in [3.63, 3.8) is 0 Å². The van der Waals surface area contributed by atoms with E-state index in [-0.39, 0.29) is 0 Å². The van der Waals surface area contributed by atoms with E-state index in [1.165, 1.54) is 0 Å². The molecule has 3 nitrogen and oxygen atoms in total. The molecule has 2 rings (SSSR count). The summed E-state index contributed by atoms with van der Waals surface area (Å²) in [5.74, 6) is 2.81. The van der Waals surface area contributed by atoms with Gasteiger partial charge in [0, 0.05) is 24.3 Å². The van der Waals surface area contributed by atoms with E-state index in [2.05, 4.69) is 24.3 Å². The zero-order valence-electron chi connectivity index (χ0n) is 15.7. The summed E-state index contributed by atoms with van der Waals surface area (Å²) in [7, 11) is 0. The second-order valence-corrected chi connectivity index (χ2v) is 7.43. The first-order chi connectivity index (χ1) is 13.2. The molecule has 0 aromatic heterocycles. The van der Waals surface area contributed by atoms with Crippen molar-refractivity contribution in [1.82, 2.24) is 0 Å². The lowest BCUT2D eigenvalue weighted by atomic mass is 10.0. The molecular formula is C22H26O3S2. The van der Waals surface area contributed by atoms with Gasteiger partial charge in [-0.2, -0.15) is 0 Å². The van der Waals surface area contributed by atoms with E-state index in [0.717, 1.165) is 57.9 Å². The van der Waals surface area contributed by atoms with Crippen molar-refractivity contribution in [3.05, 3.63) is 83.3 Å². The molecule has 2 N–H and O–H groups in total. The number of hydrogen-bond donors (Lipinski definition) is 2. The third-order valence-electron chi connectivity index (χ3n) is 4.34. The van der Waals surface area contributed by atoms with Crippen LogP contribution < -0.4 is 0 Å². The molecule has 0 aliphatic carbocycles. The van der Waals surface area contributed by atoms with E-state index < -0.39 is 0 Å². The lowest BCUT2D eigenvalue weighted by Gasteiger charge is -2.19. The third-order valence-corrected chi connectivity index (χ3v) is 5.11. The summed E-state index contributed by atoms with van der Waals surface area (Å²) >= 11 is 1.64. The molecule has 144 valence electrons. The van der Waals surface area contributed by atoms with Crippen molar-refractivity contribution in [3.8, 4) is 0 Å². The molecule has 2 aromatic carbocycles. The molecule has 0 radical (unpaired) electrons. The average molecular weight is 403 g/mol. The molecule has 0 spiro atoms. The quantitative estimate of drug-likeness (QED) is 0.329. The minimum Gasteiger partial charge on any atom is -0.465 e. The van der Waals surface area contributed by atoms with Crippen LogP contribution in [0.15, 0.2) is 72.2 Å². The van der Waals surface area contributed by atoms with E-state index >= 15 is 0 Å². The maximum Gasteiger partial charge on any atom is 0.108 e.